The molecule has 5 heteroatoms. The maximum absolute atomic E-state index is 12.5. The van der Waals surface area contributed by atoms with E-state index in [1.807, 2.05) is 0 Å². The van der Waals surface area contributed by atoms with Crippen molar-refractivity contribution in [3.63, 3.8) is 0 Å². The van der Waals surface area contributed by atoms with Crippen LogP contribution in [-0.4, -0.2) is 29.8 Å². The van der Waals surface area contributed by atoms with Gasteiger partial charge in [-0.3, -0.25) is 4.98 Å². The first-order valence-electron chi connectivity index (χ1n) is 4.67. The molecule has 0 aromatic carbocycles. The Kier molecular flexibility index (Phi) is 4.61. The lowest BCUT2D eigenvalue weighted by atomic mass is 10.1. The molecule has 0 spiro atoms. The fourth-order valence-electron chi connectivity index (χ4n) is 1.27. The largest absolute Gasteiger partial charge is 0.387 e. The molecule has 0 aliphatic heterocycles. The van der Waals surface area contributed by atoms with Gasteiger partial charge in [0.25, 0.3) is 0 Å². The van der Waals surface area contributed by atoms with Crippen molar-refractivity contribution in [2.75, 3.05) is 13.7 Å². The van der Waals surface area contributed by atoms with Gasteiger partial charge in [0.05, 0.1) is 24.6 Å². The number of methoxy groups -OCH3 is 1. The third kappa shape index (κ3) is 3.91. The quantitative estimate of drug-likeness (QED) is 0.753. The topological polar surface area (TPSA) is 68.4 Å². The third-order valence-corrected chi connectivity index (χ3v) is 2.00. The standard InChI is InChI=1S/C10H15FN2O2/c1-15-6-8(12)4-10(14)9-3-2-7(11)5-13-9/h2-3,5,8,10,14H,4,6,12H2,1H3. The zero-order valence-corrected chi connectivity index (χ0v) is 8.56. The maximum Gasteiger partial charge on any atom is 0.141 e. The monoisotopic (exact) mass is 214 g/mol. The van der Waals surface area contributed by atoms with Gasteiger partial charge in [-0.05, 0) is 18.6 Å². The smallest absolute Gasteiger partial charge is 0.141 e. The van der Waals surface area contributed by atoms with Crippen molar-refractivity contribution >= 4 is 0 Å². The summed E-state index contributed by atoms with van der Waals surface area (Å²) in [6, 6.07) is 2.45. The van der Waals surface area contributed by atoms with Crippen LogP contribution in [0, 0.1) is 5.82 Å². The Labute approximate surface area is 87.9 Å². The predicted molar refractivity (Wildman–Crippen MR) is 53.6 cm³/mol. The summed E-state index contributed by atoms with van der Waals surface area (Å²) in [5.41, 5.74) is 6.08. The van der Waals surface area contributed by atoms with E-state index >= 15 is 0 Å². The molecule has 1 rings (SSSR count). The molecular formula is C10H15FN2O2. The number of ether oxygens (including phenoxy) is 1. The SMILES string of the molecule is COCC(N)CC(O)c1ccc(F)cn1. The van der Waals surface area contributed by atoms with Crippen molar-refractivity contribution in [1.82, 2.24) is 4.98 Å². The Morgan fingerprint density at radius 2 is 2.33 bits per heavy atom. The second-order valence-corrected chi connectivity index (χ2v) is 3.37. The number of hydrogen-bond donors (Lipinski definition) is 2. The fraction of sp³-hybridized carbons (Fsp3) is 0.500. The molecule has 1 aromatic rings. The van der Waals surface area contributed by atoms with Crippen molar-refractivity contribution in [1.29, 1.82) is 0 Å². The zero-order chi connectivity index (χ0) is 11.3. The number of rotatable bonds is 5. The Morgan fingerprint density at radius 3 is 2.87 bits per heavy atom. The van der Waals surface area contributed by atoms with Gasteiger partial charge in [-0.1, -0.05) is 0 Å². The van der Waals surface area contributed by atoms with E-state index in [0.29, 0.717) is 18.7 Å². The van der Waals surface area contributed by atoms with Crippen LogP contribution in [0.15, 0.2) is 18.3 Å². The van der Waals surface area contributed by atoms with Gasteiger partial charge in [-0.2, -0.15) is 0 Å². The normalized spacial score (nSPS) is 14.9. The summed E-state index contributed by atoms with van der Waals surface area (Å²) < 4.78 is 17.4. The van der Waals surface area contributed by atoms with E-state index in [9.17, 15) is 9.50 Å². The van der Waals surface area contributed by atoms with Gasteiger partial charge < -0.3 is 15.6 Å². The predicted octanol–water partition coefficient (Wildman–Crippen LogP) is 0.618. The molecule has 84 valence electrons. The molecule has 0 aliphatic rings. The second kappa shape index (κ2) is 5.75. The lowest BCUT2D eigenvalue weighted by Gasteiger charge is -2.15. The molecule has 0 saturated carbocycles. The first kappa shape index (κ1) is 12.0. The van der Waals surface area contributed by atoms with Crippen LogP contribution in [0.3, 0.4) is 0 Å². The summed E-state index contributed by atoms with van der Waals surface area (Å²) in [5.74, 6) is -0.424. The minimum Gasteiger partial charge on any atom is -0.387 e. The summed E-state index contributed by atoms with van der Waals surface area (Å²) in [6.45, 7) is 0.373. The minimum atomic E-state index is -0.782. The van der Waals surface area contributed by atoms with E-state index in [4.69, 9.17) is 10.5 Å². The van der Waals surface area contributed by atoms with Crippen molar-refractivity contribution in [2.45, 2.75) is 18.6 Å². The van der Waals surface area contributed by atoms with E-state index in [2.05, 4.69) is 4.98 Å². The summed E-state index contributed by atoms with van der Waals surface area (Å²) in [7, 11) is 1.54. The number of aliphatic hydroxyl groups excluding tert-OH is 1. The minimum absolute atomic E-state index is 0.253. The summed E-state index contributed by atoms with van der Waals surface area (Å²) >= 11 is 0. The number of nitrogens with zero attached hydrogens (tertiary/aromatic N) is 1. The summed E-state index contributed by atoms with van der Waals surface area (Å²) in [6.07, 6.45) is 0.628. The molecule has 4 nitrogen and oxygen atoms in total. The summed E-state index contributed by atoms with van der Waals surface area (Å²) in [5, 5.41) is 9.69. The first-order valence-corrected chi connectivity index (χ1v) is 4.67. The van der Waals surface area contributed by atoms with Crippen LogP contribution in [-0.2, 0) is 4.74 Å². The lowest BCUT2D eigenvalue weighted by molar-refractivity contribution is 0.119. The van der Waals surface area contributed by atoms with Crippen molar-refractivity contribution < 1.29 is 14.2 Å². The van der Waals surface area contributed by atoms with E-state index < -0.39 is 11.9 Å². The Balaban J connectivity index is 2.53. The molecule has 0 fully saturated rings. The summed E-state index contributed by atoms with van der Waals surface area (Å²) in [4.78, 5) is 3.77. The molecule has 2 atom stereocenters. The Hall–Kier alpha value is -1.04. The van der Waals surface area contributed by atoms with Crippen LogP contribution < -0.4 is 5.73 Å². The Morgan fingerprint density at radius 1 is 1.60 bits per heavy atom. The van der Waals surface area contributed by atoms with E-state index in [0.717, 1.165) is 6.20 Å². The van der Waals surface area contributed by atoms with E-state index in [1.54, 1.807) is 7.11 Å². The van der Waals surface area contributed by atoms with E-state index in [-0.39, 0.29) is 6.04 Å². The second-order valence-electron chi connectivity index (χ2n) is 3.37. The van der Waals surface area contributed by atoms with Crippen LogP contribution in [0.2, 0.25) is 0 Å². The molecule has 0 bridgehead atoms. The van der Waals surface area contributed by atoms with Crippen LogP contribution >= 0.6 is 0 Å². The molecular weight excluding hydrogens is 199 g/mol. The van der Waals surface area contributed by atoms with Gasteiger partial charge in [-0.15, -0.1) is 0 Å². The molecule has 2 unspecified atom stereocenters. The first-order chi connectivity index (χ1) is 7.13. The number of halogens is 1. The molecule has 0 aliphatic carbocycles. The Bertz CT molecular complexity index is 292. The average molecular weight is 214 g/mol. The van der Waals surface area contributed by atoms with Crippen molar-refractivity contribution in [3.05, 3.63) is 29.8 Å². The molecule has 0 saturated heterocycles. The molecule has 1 heterocycles. The zero-order valence-electron chi connectivity index (χ0n) is 8.56. The highest BCUT2D eigenvalue weighted by molar-refractivity contribution is 5.08. The molecule has 15 heavy (non-hydrogen) atoms. The molecule has 1 aromatic heterocycles. The van der Waals surface area contributed by atoms with Crippen molar-refractivity contribution in [2.24, 2.45) is 5.73 Å². The van der Waals surface area contributed by atoms with Crippen LogP contribution in [0.5, 0.6) is 0 Å². The van der Waals surface area contributed by atoms with Gasteiger partial charge in [0, 0.05) is 13.2 Å². The molecule has 0 amide bonds. The number of hydrogen-bond acceptors (Lipinski definition) is 4. The van der Waals surface area contributed by atoms with Gasteiger partial charge >= 0.3 is 0 Å². The number of pyridine rings is 1. The lowest BCUT2D eigenvalue weighted by Crippen LogP contribution is -2.28. The molecule has 3 N–H and O–H groups in total. The third-order valence-electron chi connectivity index (χ3n) is 2.00. The number of aliphatic hydroxyl groups is 1. The average Bonchev–Trinajstić information content (AvgIpc) is 2.18. The number of nitrogens with two attached hydrogens (primary N) is 1. The van der Waals surface area contributed by atoms with Crippen LogP contribution in [0.25, 0.3) is 0 Å². The van der Waals surface area contributed by atoms with Crippen LogP contribution in [0.1, 0.15) is 18.2 Å². The van der Waals surface area contributed by atoms with E-state index in [1.165, 1.54) is 12.1 Å². The fourth-order valence-corrected chi connectivity index (χ4v) is 1.27. The highest BCUT2D eigenvalue weighted by Crippen LogP contribution is 2.15. The highest BCUT2D eigenvalue weighted by Gasteiger charge is 2.13. The van der Waals surface area contributed by atoms with Gasteiger partial charge in [0.15, 0.2) is 0 Å². The van der Waals surface area contributed by atoms with Gasteiger partial charge in [0.2, 0.25) is 0 Å². The van der Waals surface area contributed by atoms with Crippen LogP contribution in [0.4, 0.5) is 4.39 Å². The van der Waals surface area contributed by atoms with Gasteiger partial charge in [-0.25, -0.2) is 4.39 Å². The van der Waals surface area contributed by atoms with Crippen molar-refractivity contribution in [3.8, 4) is 0 Å². The molecule has 0 radical (unpaired) electrons. The maximum atomic E-state index is 12.5. The highest BCUT2D eigenvalue weighted by atomic mass is 19.1. The van der Waals surface area contributed by atoms with Gasteiger partial charge in [0.1, 0.15) is 5.82 Å². The number of aromatic nitrogens is 1.